The van der Waals surface area contributed by atoms with Gasteiger partial charge in [-0.2, -0.15) is 11.8 Å². The summed E-state index contributed by atoms with van der Waals surface area (Å²) in [6.07, 6.45) is 1.14. The maximum absolute atomic E-state index is 11.5. The van der Waals surface area contributed by atoms with E-state index in [0.29, 0.717) is 18.2 Å². The number of carbonyl (C=O) groups excluding carboxylic acids is 1. The third-order valence-electron chi connectivity index (χ3n) is 2.87. The van der Waals surface area contributed by atoms with Gasteiger partial charge in [0.25, 0.3) is 0 Å². The molecular formula is C12H16N2O4S. The Morgan fingerprint density at radius 1 is 1.42 bits per heavy atom. The predicted octanol–water partition coefficient (Wildman–Crippen LogP) is 1.53. The van der Waals surface area contributed by atoms with E-state index in [1.807, 2.05) is 11.8 Å². The quantitative estimate of drug-likeness (QED) is 0.762. The molecule has 3 N–H and O–H groups in total. The van der Waals surface area contributed by atoms with Crippen molar-refractivity contribution in [2.45, 2.75) is 13.0 Å². The molecule has 1 aliphatic heterocycles. The summed E-state index contributed by atoms with van der Waals surface area (Å²) in [6, 6.07) is 2.65. The third-order valence-corrected chi connectivity index (χ3v) is 4.10. The highest BCUT2D eigenvalue weighted by atomic mass is 32.2. The van der Waals surface area contributed by atoms with Crippen molar-refractivity contribution in [2.24, 2.45) is 5.92 Å². The lowest BCUT2D eigenvalue weighted by Gasteiger charge is -2.10. The van der Waals surface area contributed by atoms with E-state index in [0.717, 1.165) is 12.2 Å². The standard InChI is InChI=1S/C12H16N2O4S/c15-11(16)10-2-1-9(18-10)6-14-12(17)13-5-8-3-4-19-7-8/h1-2,8H,3-7H2,(H,15,16)(H2,13,14,17). The number of aromatic carboxylic acids is 1. The summed E-state index contributed by atoms with van der Waals surface area (Å²) in [6.45, 7) is 0.857. The highest BCUT2D eigenvalue weighted by Gasteiger charge is 2.16. The van der Waals surface area contributed by atoms with Crippen LogP contribution < -0.4 is 10.6 Å². The van der Waals surface area contributed by atoms with E-state index < -0.39 is 5.97 Å². The van der Waals surface area contributed by atoms with Crippen LogP contribution in [-0.4, -0.2) is 35.2 Å². The number of furan rings is 1. The van der Waals surface area contributed by atoms with Gasteiger partial charge in [-0.15, -0.1) is 0 Å². The van der Waals surface area contributed by atoms with Gasteiger partial charge in [0.1, 0.15) is 5.76 Å². The minimum Gasteiger partial charge on any atom is -0.475 e. The fourth-order valence-electron chi connectivity index (χ4n) is 1.80. The summed E-state index contributed by atoms with van der Waals surface area (Å²) in [7, 11) is 0. The van der Waals surface area contributed by atoms with Crippen LogP contribution in [0.1, 0.15) is 22.7 Å². The number of carbonyl (C=O) groups is 2. The number of urea groups is 1. The molecular weight excluding hydrogens is 268 g/mol. The Bertz CT molecular complexity index is 454. The molecule has 104 valence electrons. The zero-order chi connectivity index (χ0) is 13.7. The van der Waals surface area contributed by atoms with Crippen molar-refractivity contribution < 1.29 is 19.1 Å². The summed E-state index contributed by atoms with van der Waals surface area (Å²) in [5, 5.41) is 14.1. The summed E-state index contributed by atoms with van der Waals surface area (Å²) in [4.78, 5) is 22.1. The molecule has 0 aliphatic carbocycles. The van der Waals surface area contributed by atoms with Gasteiger partial charge in [0.15, 0.2) is 0 Å². The lowest BCUT2D eigenvalue weighted by molar-refractivity contribution is 0.0660. The molecule has 1 fully saturated rings. The largest absolute Gasteiger partial charge is 0.475 e. The first-order valence-corrected chi connectivity index (χ1v) is 7.22. The van der Waals surface area contributed by atoms with Crippen LogP contribution in [0, 0.1) is 5.92 Å². The Kier molecular flexibility index (Phi) is 4.73. The van der Waals surface area contributed by atoms with E-state index in [4.69, 9.17) is 9.52 Å². The summed E-state index contributed by atoms with van der Waals surface area (Å²) in [5.41, 5.74) is 0. The van der Waals surface area contributed by atoms with Gasteiger partial charge >= 0.3 is 12.0 Å². The van der Waals surface area contributed by atoms with Crippen LogP contribution in [0.5, 0.6) is 0 Å². The van der Waals surface area contributed by atoms with Crippen LogP contribution in [0.2, 0.25) is 0 Å². The SMILES string of the molecule is O=C(NCc1ccc(C(=O)O)o1)NCC1CCSC1. The highest BCUT2D eigenvalue weighted by Crippen LogP contribution is 2.22. The monoisotopic (exact) mass is 284 g/mol. The van der Waals surface area contributed by atoms with Crippen LogP contribution >= 0.6 is 11.8 Å². The number of carboxylic acid groups (broad SMARTS) is 1. The number of nitrogens with one attached hydrogen (secondary N) is 2. The summed E-state index contributed by atoms with van der Waals surface area (Å²) >= 11 is 1.91. The molecule has 1 aromatic heterocycles. The molecule has 0 bridgehead atoms. The van der Waals surface area contributed by atoms with E-state index in [1.165, 1.54) is 17.9 Å². The van der Waals surface area contributed by atoms with E-state index in [9.17, 15) is 9.59 Å². The van der Waals surface area contributed by atoms with Gasteiger partial charge in [-0.3, -0.25) is 0 Å². The minimum absolute atomic E-state index is 0.125. The Morgan fingerprint density at radius 3 is 2.89 bits per heavy atom. The van der Waals surface area contributed by atoms with E-state index >= 15 is 0 Å². The molecule has 19 heavy (non-hydrogen) atoms. The van der Waals surface area contributed by atoms with Gasteiger partial charge < -0.3 is 20.2 Å². The molecule has 6 nitrogen and oxygen atoms in total. The van der Waals surface area contributed by atoms with Gasteiger partial charge in [-0.05, 0) is 36.0 Å². The number of thioether (sulfide) groups is 1. The Labute approximate surface area is 114 Å². The van der Waals surface area contributed by atoms with Crippen LogP contribution in [0.15, 0.2) is 16.5 Å². The molecule has 2 amide bonds. The van der Waals surface area contributed by atoms with Crippen LogP contribution in [-0.2, 0) is 6.54 Å². The van der Waals surface area contributed by atoms with Crippen LogP contribution in [0.3, 0.4) is 0 Å². The molecule has 0 aromatic carbocycles. The maximum atomic E-state index is 11.5. The number of hydrogen-bond donors (Lipinski definition) is 3. The van der Waals surface area contributed by atoms with Gasteiger partial charge in [-0.1, -0.05) is 0 Å². The Hall–Kier alpha value is -1.63. The molecule has 7 heteroatoms. The molecule has 1 atom stereocenters. The number of amides is 2. The topological polar surface area (TPSA) is 91.6 Å². The molecule has 0 saturated carbocycles. The molecule has 0 radical (unpaired) electrons. The zero-order valence-corrected chi connectivity index (χ0v) is 11.2. The maximum Gasteiger partial charge on any atom is 0.371 e. The van der Waals surface area contributed by atoms with Crippen LogP contribution in [0.25, 0.3) is 0 Å². The van der Waals surface area contributed by atoms with Gasteiger partial charge in [0, 0.05) is 6.54 Å². The van der Waals surface area contributed by atoms with Crippen molar-refractivity contribution in [2.75, 3.05) is 18.1 Å². The average molecular weight is 284 g/mol. The molecule has 1 aromatic rings. The first-order valence-electron chi connectivity index (χ1n) is 6.06. The first-order chi connectivity index (χ1) is 9.15. The molecule has 1 unspecified atom stereocenters. The van der Waals surface area contributed by atoms with E-state index in [1.54, 1.807) is 0 Å². The second-order valence-corrected chi connectivity index (χ2v) is 5.51. The number of rotatable bonds is 5. The van der Waals surface area contributed by atoms with E-state index in [-0.39, 0.29) is 18.3 Å². The van der Waals surface area contributed by atoms with Gasteiger partial charge in [-0.25, -0.2) is 9.59 Å². The second-order valence-electron chi connectivity index (χ2n) is 4.36. The zero-order valence-electron chi connectivity index (χ0n) is 10.3. The highest BCUT2D eigenvalue weighted by molar-refractivity contribution is 7.99. The van der Waals surface area contributed by atoms with E-state index in [2.05, 4.69) is 10.6 Å². The Balaban J connectivity index is 1.68. The summed E-state index contributed by atoms with van der Waals surface area (Å²) < 4.78 is 5.03. The van der Waals surface area contributed by atoms with Crippen molar-refractivity contribution in [1.82, 2.24) is 10.6 Å². The number of carboxylic acids is 1. The second kappa shape index (κ2) is 6.51. The van der Waals surface area contributed by atoms with Gasteiger partial charge in [0.05, 0.1) is 6.54 Å². The van der Waals surface area contributed by atoms with Crippen molar-refractivity contribution >= 4 is 23.8 Å². The molecule has 2 rings (SSSR count). The Morgan fingerprint density at radius 2 is 2.26 bits per heavy atom. The van der Waals surface area contributed by atoms with Crippen molar-refractivity contribution in [3.05, 3.63) is 23.7 Å². The molecule has 1 saturated heterocycles. The molecule has 1 aliphatic rings. The molecule has 0 spiro atoms. The smallest absolute Gasteiger partial charge is 0.371 e. The molecule has 2 heterocycles. The lowest BCUT2D eigenvalue weighted by atomic mass is 10.1. The van der Waals surface area contributed by atoms with Crippen molar-refractivity contribution in [1.29, 1.82) is 0 Å². The number of hydrogen-bond acceptors (Lipinski definition) is 4. The summed E-state index contributed by atoms with van der Waals surface area (Å²) in [5.74, 6) is 2.00. The van der Waals surface area contributed by atoms with Gasteiger partial charge in [0.2, 0.25) is 5.76 Å². The first kappa shape index (κ1) is 13.8. The normalized spacial score (nSPS) is 18.2. The average Bonchev–Trinajstić information content (AvgIpc) is 3.05. The van der Waals surface area contributed by atoms with Crippen molar-refractivity contribution in [3.8, 4) is 0 Å². The fraction of sp³-hybridized carbons (Fsp3) is 0.500. The lowest BCUT2D eigenvalue weighted by Crippen LogP contribution is -2.37. The minimum atomic E-state index is -1.12. The predicted molar refractivity (Wildman–Crippen MR) is 71.3 cm³/mol. The van der Waals surface area contributed by atoms with Crippen molar-refractivity contribution in [3.63, 3.8) is 0 Å². The third kappa shape index (κ3) is 4.20. The van der Waals surface area contributed by atoms with Crippen LogP contribution in [0.4, 0.5) is 4.79 Å². The fourth-order valence-corrected chi connectivity index (χ4v) is 3.08.